The first-order chi connectivity index (χ1) is 15.7. The number of hydrogen-bond donors (Lipinski definition) is 2. The molecule has 3 heterocycles. The maximum Gasteiger partial charge on any atom is 0.240 e. The molecule has 1 saturated heterocycles. The standard InChI is InChI=1S/C23H31N7O2S/c1-5-30-10-6-7-17(30)12-26-33(31,32)18-9-8-15(2)19(11-18)21-13-25-23(24)22(27-21)20-14-29(4)28-16(20)3/h8-9,11,13-14,17,26H,5-7,10,12H2,1-4H3,(H2,24,25). The highest BCUT2D eigenvalue weighted by atomic mass is 32.2. The number of aromatic nitrogens is 4. The van der Waals surface area contributed by atoms with Crippen LogP contribution in [0.4, 0.5) is 5.82 Å². The Morgan fingerprint density at radius 2 is 2.03 bits per heavy atom. The number of aryl methyl sites for hydroxylation is 3. The van der Waals surface area contributed by atoms with Gasteiger partial charge in [0.1, 0.15) is 11.5 Å². The minimum Gasteiger partial charge on any atom is -0.382 e. The number of likely N-dealkylation sites (N-methyl/N-ethyl adjacent to an activating group) is 1. The van der Waals surface area contributed by atoms with Gasteiger partial charge in [-0.3, -0.25) is 9.58 Å². The molecule has 1 atom stereocenters. The second-order valence-electron chi connectivity index (χ2n) is 8.54. The molecule has 0 aliphatic carbocycles. The number of likely N-dealkylation sites (tertiary alicyclic amines) is 1. The normalized spacial score (nSPS) is 17.0. The summed E-state index contributed by atoms with van der Waals surface area (Å²) in [4.78, 5) is 11.6. The highest BCUT2D eigenvalue weighted by molar-refractivity contribution is 7.89. The van der Waals surface area contributed by atoms with Crippen LogP contribution in [0.2, 0.25) is 0 Å². The zero-order valence-corrected chi connectivity index (χ0v) is 20.4. The Hall–Kier alpha value is -2.82. The molecule has 0 bridgehead atoms. The van der Waals surface area contributed by atoms with E-state index in [1.807, 2.05) is 27.1 Å². The second kappa shape index (κ2) is 9.20. The van der Waals surface area contributed by atoms with Gasteiger partial charge in [0.2, 0.25) is 10.0 Å². The number of anilines is 1. The van der Waals surface area contributed by atoms with Gasteiger partial charge in [-0.15, -0.1) is 0 Å². The van der Waals surface area contributed by atoms with Gasteiger partial charge in [-0.05, 0) is 57.5 Å². The lowest BCUT2D eigenvalue weighted by Crippen LogP contribution is -2.40. The van der Waals surface area contributed by atoms with Crippen molar-refractivity contribution in [1.29, 1.82) is 0 Å². The van der Waals surface area contributed by atoms with Crippen molar-refractivity contribution in [2.24, 2.45) is 7.05 Å². The average Bonchev–Trinajstić information content (AvgIpc) is 3.38. The molecule has 1 fully saturated rings. The molecular weight excluding hydrogens is 438 g/mol. The molecule has 1 aliphatic heterocycles. The van der Waals surface area contributed by atoms with Crippen LogP contribution >= 0.6 is 0 Å². The van der Waals surface area contributed by atoms with E-state index in [4.69, 9.17) is 10.7 Å². The van der Waals surface area contributed by atoms with Crippen LogP contribution in [0.5, 0.6) is 0 Å². The third kappa shape index (κ3) is 4.78. The molecule has 4 rings (SSSR count). The van der Waals surface area contributed by atoms with Crippen molar-refractivity contribution in [2.75, 3.05) is 25.4 Å². The lowest BCUT2D eigenvalue weighted by Gasteiger charge is -2.23. The van der Waals surface area contributed by atoms with Crippen molar-refractivity contribution >= 4 is 15.8 Å². The molecule has 1 aromatic carbocycles. The van der Waals surface area contributed by atoms with Gasteiger partial charge < -0.3 is 5.73 Å². The molecule has 10 heteroatoms. The zero-order valence-electron chi connectivity index (χ0n) is 19.5. The van der Waals surface area contributed by atoms with Crippen LogP contribution in [-0.2, 0) is 17.1 Å². The van der Waals surface area contributed by atoms with Crippen LogP contribution < -0.4 is 10.5 Å². The van der Waals surface area contributed by atoms with E-state index in [0.717, 1.165) is 42.8 Å². The summed E-state index contributed by atoms with van der Waals surface area (Å²) in [7, 11) is -1.83. The molecule has 9 nitrogen and oxygen atoms in total. The van der Waals surface area contributed by atoms with Crippen molar-refractivity contribution in [1.82, 2.24) is 29.4 Å². The molecule has 0 spiro atoms. The van der Waals surface area contributed by atoms with E-state index in [1.165, 1.54) is 0 Å². The highest BCUT2D eigenvalue weighted by Gasteiger charge is 2.25. The first-order valence-electron chi connectivity index (χ1n) is 11.2. The monoisotopic (exact) mass is 469 g/mol. The van der Waals surface area contributed by atoms with Gasteiger partial charge in [0.05, 0.1) is 22.5 Å². The molecule has 176 valence electrons. The van der Waals surface area contributed by atoms with Crippen LogP contribution in [0.3, 0.4) is 0 Å². The number of benzene rings is 1. The van der Waals surface area contributed by atoms with E-state index >= 15 is 0 Å². The maximum absolute atomic E-state index is 13.1. The van der Waals surface area contributed by atoms with Gasteiger partial charge in [0.25, 0.3) is 0 Å². The van der Waals surface area contributed by atoms with Crippen molar-refractivity contribution in [3.05, 3.63) is 41.9 Å². The van der Waals surface area contributed by atoms with E-state index in [9.17, 15) is 8.42 Å². The smallest absolute Gasteiger partial charge is 0.240 e. The molecule has 3 aromatic rings. The summed E-state index contributed by atoms with van der Waals surface area (Å²) >= 11 is 0. The first kappa shape index (κ1) is 23.3. The van der Waals surface area contributed by atoms with E-state index in [1.54, 1.807) is 29.1 Å². The van der Waals surface area contributed by atoms with Crippen LogP contribution in [0.15, 0.2) is 35.5 Å². The van der Waals surface area contributed by atoms with Crippen molar-refractivity contribution in [3.8, 4) is 22.5 Å². The number of rotatable bonds is 7. The fourth-order valence-electron chi connectivity index (χ4n) is 4.43. The van der Waals surface area contributed by atoms with Crippen LogP contribution in [0.25, 0.3) is 22.5 Å². The fourth-order valence-corrected chi connectivity index (χ4v) is 5.53. The third-order valence-electron chi connectivity index (χ3n) is 6.28. The Balaban J connectivity index is 1.65. The Kier molecular flexibility index (Phi) is 6.51. The average molecular weight is 470 g/mol. The molecule has 33 heavy (non-hydrogen) atoms. The van der Waals surface area contributed by atoms with Gasteiger partial charge in [0, 0.05) is 37.0 Å². The summed E-state index contributed by atoms with van der Waals surface area (Å²) in [6.45, 7) is 8.27. The van der Waals surface area contributed by atoms with Gasteiger partial charge in [-0.1, -0.05) is 13.0 Å². The molecule has 0 saturated carbocycles. The van der Waals surface area contributed by atoms with E-state index in [-0.39, 0.29) is 10.9 Å². The number of nitrogen functional groups attached to an aromatic ring is 1. The molecule has 0 amide bonds. The Bertz CT molecular complexity index is 1270. The summed E-state index contributed by atoms with van der Waals surface area (Å²) in [5, 5.41) is 4.36. The lowest BCUT2D eigenvalue weighted by molar-refractivity contribution is 0.268. The van der Waals surface area contributed by atoms with Gasteiger partial charge in [-0.2, -0.15) is 5.10 Å². The SMILES string of the molecule is CCN1CCCC1CNS(=O)(=O)c1ccc(C)c(-c2cnc(N)c(-c3cn(C)nc3C)n2)c1. The topological polar surface area (TPSA) is 119 Å². The first-order valence-corrected chi connectivity index (χ1v) is 12.7. The number of sulfonamides is 1. The van der Waals surface area contributed by atoms with E-state index in [2.05, 4.69) is 26.6 Å². The predicted octanol–water partition coefficient (Wildman–Crippen LogP) is 2.51. The number of nitrogens with one attached hydrogen (secondary N) is 1. The summed E-state index contributed by atoms with van der Waals surface area (Å²) in [5.41, 5.74) is 10.4. The Morgan fingerprint density at radius 1 is 1.24 bits per heavy atom. The predicted molar refractivity (Wildman–Crippen MR) is 129 cm³/mol. The molecule has 1 unspecified atom stereocenters. The molecule has 2 aromatic heterocycles. The molecule has 3 N–H and O–H groups in total. The Labute approximate surface area is 195 Å². The van der Waals surface area contributed by atoms with Gasteiger partial charge in [0.15, 0.2) is 0 Å². The van der Waals surface area contributed by atoms with Crippen LogP contribution in [-0.4, -0.2) is 58.7 Å². The fraction of sp³-hybridized carbons (Fsp3) is 0.435. The summed E-state index contributed by atoms with van der Waals surface area (Å²) in [6.07, 6.45) is 5.53. The summed E-state index contributed by atoms with van der Waals surface area (Å²) < 4.78 is 30.6. The van der Waals surface area contributed by atoms with Crippen molar-refractivity contribution < 1.29 is 8.42 Å². The second-order valence-corrected chi connectivity index (χ2v) is 10.3. The van der Waals surface area contributed by atoms with Crippen molar-refractivity contribution in [3.63, 3.8) is 0 Å². The number of hydrogen-bond acceptors (Lipinski definition) is 7. The Morgan fingerprint density at radius 3 is 2.73 bits per heavy atom. The van der Waals surface area contributed by atoms with Gasteiger partial charge in [-0.25, -0.2) is 23.1 Å². The molecule has 1 aliphatic rings. The van der Waals surface area contributed by atoms with E-state index < -0.39 is 10.0 Å². The summed E-state index contributed by atoms with van der Waals surface area (Å²) in [5.74, 6) is 0.301. The maximum atomic E-state index is 13.1. The zero-order chi connectivity index (χ0) is 23.8. The van der Waals surface area contributed by atoms with Crippen molar-refractivity contribution in [2.45, 2.75) is 44.6 Å². The minimum atomic E-state index is -3.66. The number of nitrogens with zero attached hydrogens (tertiary/aromatic N) is 5. The third-order valence-corrected chi connectivity index (χ3v) is 7.70. The summed E-state index contributed by atoms with van der Waals surface area (Å²) in [6, 6.07) is 5.32. The van der Waals surface area contributed by atoms with Crippen LogP contribution in [0.1, 0.15) is 31.0 Å². The minimum absolute atomic E-state index is 0.210. The van der Waals surface area contributed by atoms with E-state index in [0.29, 0.717) is 29.3 Å². The number of nitrogens with two attached hydrogens (primary N) is 1. The quantitative estimate of drug-likeness (QED) is 0.546. The van der Waals surface area contributed by atoms with Crippen LogP contribution in [0, 0.1) is 13.8 Å². The lowest BCUT2D eigenvalue weighted by atomic mass is 10.1. The largest absolute Gasteiger partial charge is 0.382 e. The van der Waals surface area contributed by atoms with Gasteiger partial charge >= 0.3 is 0 Å². The highest BCUT2D eigenvalue weighted by Crippen LogP contribution is 2.30. The molecular formula is C23H31N7O2S. The molecule has 0 radical (unpaired) electrons.